The lowest BCUT2D eigenvalue weighted by atomic mass is 9.76. The Balaban J connectivity index is 1.95. The number of allylic oxidation sites excluding steroid dienone is 2. The summed E-state index contributed by atoms with van der Waals surface area (Å²) >= 11 is 0. The molecule has 0 unspecified atom stereocenters. The maximum atomic E-state index is 11.3. The third kappa shape index (κ3) is 2.28. The van der Waals surface area contributed by atoms with Gasteiger partial charge < -0.3 is 14.9 Å². The lowest BCUT2D eigenvalue weighted by Gasteiger charge is -2.35. The van der Waals surface area contributed by atoms with Gasteiger partial charge in [0, 0.05) is 17.9 Å². The van der Waals surface area contributed by atoms with E-state index in [9.17, 15) is 15.0 Å². The predicted octanol–water partition coefficient (Wildman–Crippen LogP) is 3.53. The number of rotatable bonds is 2. The fourth-order valence-corrected chi connectivity index (χ4v) is 3.44. The minimum atomic E-state index is -1.02. The molecule has 0 spiro atoms. The second kappa shape index (κ2) is 4.79. The van der Waals surface area contributed by atoms with Crippen molar-refractivity contribution in [2.24, 2.45) is 5.92 Å². The van der Waals surface area contributed by atoms with Crippen molar-refractivity contribution in [3.63, 3.8) is 0 Å². The molecule has 1 aliphatic heterocycles. The molecule has 3 rings (SSSR count). The van der Waals surface area contributed by atoms with Gasteiger partial charge in [-0.2, -0.15) is 0 Å². The van der Waals surface area contributed by atoms with Crippen LogP contribution in [0.3, 0.4) is 0 Å². The van der Waals surface area contributed by atoms with Crippen LogP contribution in [0, 0.1) is 5.92 Å². The van der Waals surface area contributed by atoms with E-state index in [1.165, 1.54) is 17.7 Å². The van der Waals surface area contributed by atoms with Crippen molar-refractivity contribution >= 4 is 5.97 Å². The number of phenolic OH excluding ortho intramolecular Hbond substituents is 1. The highest BCUT2D eigenvalue weighted by Gasteiger charge is 2.44. The minimum Gasteiger partial charge on any atom is -0.508 e. The van der Waals surface area contributed by atoms with Crippen LogP contribution >= 0.6 is 0 Å². The molecule has 1 heterocycles. The van der Waals surface area contributed by atoms with Crippen LogP contribution < -0.4 is 4.74 Å². The number of ether oxygens (including phenoxy) is 1. The highest BCUT2D eigenvalue weighted by atomic mass is 16.5. The number of aromatic hydroxyl groups is 1. The van der Waals surface area contributed by atoms with Gasteiger partial charge in [-0.05, 0) is 45.2 Å². The Hall–Kier alpha value is -1.97. The molecule has 0 fully saturated rings. The molecule has 1 aromatic rings. The number of benzene rings is 1. The molecule has 1 aromatic carbocycles. The van der Waals surface area contributed by atoms with Gasteiger partial charge in [0.1, 0.15) is 22.7 Å². The van der Waals surface area contributed by atoms with Gasteiger partial charge in [0.25, 0.3) is 0 Å². The first-order valence-corrected chi connectivity index (χ1v) is 7.33. The quantitative estimate of drug-likeness (QED) is 0.817. The van der Waals surface area contributed by atoms with Crippen LogP contribution in [0.25, 0.3) is 0 Å². The first-order chi connectivity index (χ1) is 9.90. The molecule has 0 saturated heterocycles. The zero-order valence-electron chi connectivity index (χ0n) is 12.3. The summed E-state index contributed by atoms with van der Waals surface area (Å²) in [5, 5.41) is 19.3. The summed E-state index contributed by atoms with van der Waals surface area (Å²) in [6.45, 7) is 4.16. The number of carboxylic acids is 1. The van der Waals surface area contributed by atoms with E-state index in [2.05, 4.69) is 13.0 Å². The van der Waals surface area contributed by atoms with E-state index in [0.29, 0.717) is 23.7 Å². The number of fused-ring (bicyclic) bond motifs is 1. The Bertz CT molecular complexity index is 632. The molecule has 0 saturated carbocycles. The van der Waals surface area contributed by atoms with Crippen LogP contribution in [-0.4, -0.2) is 21.8 Å². The van der Waals surface area contributed by atoms with E-state index in [0.717, 1.165) is 19.3 Å². The number of carboxylic acid groups (broad SMARTS) is 1. The van der Waals surface area contributed by atoms with Crippen LogP contribution in [0.5, 0.6) is 11.5 Å². The van der Waals surface area contributed by atoms with Crippen LogP contribution in [0.1, 0.15) is 49.0 Å². The molecule has 1 aliphatic carbocycles. The molecule has 0 amide bonds. The van der Waals surface area contributed by atoms with Crippen molar-refractivity contribution in [1.82, 2.24) is 0 Å². The Morgan fingerprint density at radius 3 is 2.81 bits per heavy atom. The lowest BCUT2D eigenvalue weighted by molar-refractivity contribution is 0.0400. The molecule has 21 heavy (non-hydrogen) atoms. The monoisotopic (exact) mass is 288 g/mol. The number of carbonyl (C=O) groups is 1. The fraction of sp³-hybridized carbons (Fsp3) is 0.471. The smallest absolute Gasteiger partial charge is 0.339 e. The summed E-state index contributed by atoms with van der Waals surface area (Å²) in [4.78, 5) is 11.3. The molecule has 2 aliphatic rings. The molecular weight excluding hydrogens is 268 g/mol. The number of phenols is 1. The average molecular weight is 288 g/mol. The van der Waals surface area contributed by atoms with Gasteiger partial charge in [-0.1, -0.05) is 11.6 Å². The molecule has 112 valence electrons. The molecule has 2 atom stereocenters. The highest BCUT2D eigenvalue weighted by molar-refractivity contribution is 5.92. The van der Waals surface area contributed by atoms with Gasteiger partial charge >= 0.3 is 5.97 Å². The number of hydrogen-bond acceptors (Lipinski definition) is 3. The zero-order valence-corrected chi connectivity index (χ0v) is 12.3. The minimum absolute atomic E-state index is 0.126. The zero-order chi connectivity index (χ0) is 15.2. The molecule has 0 bridgehead atoms. The second-order valence-corrected chi connectivity index (χ2v) is 6.36. The van der Waals surface area contributed by atoms with Crippen molar-refractivity contribution in [2.45, 2.75) is 45.1 Å². The third-order valence-corrected chi connectivity index (χ3v) is 4.83. The highest BCUT2D eigenvalue weighted by Crippen LogP contribution is 2.48. The van der Waals surface area contributed by atoms with E-state index in [1.54, 1.807) is 0 Å². The Morgan fingerprint density at radius 1 is 1.43 bits per heavy atom. The largest absolute Gasteiger partial charge is 0.508 e. The molecule has 2 N–H and O–H groups in total. The molecular formula is C17H20O4. The van der Waals surface area contributed by atoms with Gasteiger partial charge in [0.05, 0.1) is 0 Å². The topological polar surface area (TPSA) is 66.8 Å². The van der Waals surface area contributed by atoms with Gasteiger partial charge in [-0.3, -0.25) is 0 Å². The van der Waals surface area contributed by atoms with E-state index in [-0.39, 0.29) is 11.3 Å². The maximum Gasteiger partial charge on any atom is 0.339 e. The van der Waals surface area contributed by atoms with Crippen molar-refractivity contribution in [3.8, 4) is 11.5 Å². The second-order valence-electron chi connectivity index (χ2n) is 6.36. The van der Waals surface area contributed by atoms with Crippen LogP contribution in [0.15, 0.2) is 23.8 Å². The van der Waals surface area contributed by atoms with Gasteiger partial charge in [0.15, 0.2) is 0 Å². The number of aromatic carboxylic acids is 1. The Labute approximate surface area is 124 Å². The SMILES string of the molecule is CC1=CC[C@H]([C@]2(C)Cc3c(O)ccc(C(=O)O)c3O2)CC1. The number of hydrogen-bond donors (Lipinski definition) is 2. The van der Waals surface area contributed by atoms with Crippen LogP contribution in [0.2, 0.25) is 0 Å². The summed E-state index contributed by atoms with van der Waals surface area (Å²) in [6, 6.07) is 2.86. The Morgan fingerprint density at radius 2 is 2.19 bits per heavy atom. The van der Waals surface area contributed by atoms with Crippen molar-refractivity contribution < 1.29 is 19.7 Å². The van der Waals surface area contributed by atoms with E-state index in [4.69, 9.17) is 4.74 Å². The molecule has 0 radical (unpaired) electrons. The van der Waals surface area contributed by atoms with Crippen molar-refractivity contribution in [1.29, 1.82) is 0 Å². The summed E-state index contributed by atoms with van der Waals surface area (Å²) in [5.74, 6) is -0.206. The van der Waals surface area contributed by atoms with Crippen LogP contribution in [0.4, 0.5) is 0 Å². The first kappa shape index (κ1) is 14.0. The third-order valence-electron chi connectivity index (χ3n) is 4.83. The summed E-state index contributed by atoms with van der Waals surface area (Å²) in [6.07, 6.45) is 5.84. The van der Waals surface area contributed by atoms with E-state index in [1.807, 2.05) is 6.92 Å². The lowest BCUT2D eigenvalue weighted by Crippen LogP contribution is -2.40. The Kier molecular flexibility index (Phi) is 3.19. The normalized spacial score (nSPS) is 27.7. The van der Waals surface area contributed by atoms with Crippen molar-refractivity contribution in [3.05, 3.63) is 34.9 Å². The fourth-order valence-electron chi connectivity index (χ4n) is 3.44. The van der Waals surface area contributed by atoms with Crippen molar-refractivity contribution in [2.75, 3.05) is 0 Å². The first-order valence-electron chi connectivity index (χ1n) is 7.33. The van der Waals surface area contributed by atoms with Gasteiger partial charge in [0.2, 0.25) is 0 Å². The summed E-state index contributed by atoms with van der Waals surface area (Å²) in [5.41, 5.74) is 1.72. The molecule has 0 aromatic heterocycles. The van der Waals surface area contributed by atoms with Gasteiger partial charge in [-0.25, -0.2) is 4.79 Å². The van der Waals surface area contributed by atoms with E-state index < -0.39 is 11.6 Å². The van der Waals surface area contributed by atoms with E-state index >= 15 is 0 Å². The summed E-state index contributed by atoms with van der Waals surface area (Å²) in [7, 11) is 0. The standard InChI is InChI=1S/C17H20O4/c1-10-3-5-11(6-4-10)17(2)9-13-14(18)8-7-12(16(19)20)15(13)21-17/h3,7-8,11,18H,4-6,9H2,1-2H3,(H,19,20)/t11-,17-/m0/s1. The summed E-state index contributed by atoms with van der Waals surface area (Å²) < 4.78 is 6.07. The van der Waals surface area contributed by atoms with Crippen LogP contribution in [-0.2, 0) is 6.42 Å². The van der Waals surface area contributed by atoms with Gasteiger partial charge in [-0.15, -0.1) is 0 Å². The predicted molar refractivity (Wildman–Crippen MR) is 78.9 cm³/mol. The maximum absolute atomic E-state index is 11.3. The molecule has 4 nitrogen and oxygen atoms in total. The average Bonchev–Trinajstić information content (AvgIpc) is 2.79. The molecule has 4 heteroatoms.